The van der Waals surface area contributed by atoms with Gasteiger partial charge in [-0.25, -0.2) is 4.98 Å². The maximum Gasteiger partial charge on any atom is 0.126 e. The van der Waals surface area contributed by atoms with Crippen LogP contribution in [0.1, 0.15) is 31.2 Å². The summed E-state index contributed by atoms with van der Waals surface area (Å²) in [5.41, 5.74) is 1.21. The fourth-order valence-electron chi connectivity index (χ4n) is 2.02. The number of aromatic nitrogens is 1. The number of pyridine rings is 1. The summed E-state index contributed by atoms with van der Waals surface area (Å²) >= 11 is 9.54. The zero-order valence-corrected chi connectivity index (χ0v) is 11.7. The number of halogens is 2. The Bertz CT molecular complexity index is 362. The van der Waals surface area contributed by atoms with Crippen LogP contribution in [0.4, 0.5) is 5.82 Å². The number of aryl methyl sites for hydroxylation is 1. The number of hydrogen-bond donors (Lipinski definition) is 1. The minimum atomic E-state index is 0.373. The maximum atomic E-state index is 6.08. The lowest BCUT2D eigenvalue weighted by Crippen LogP contribution is -2.26. The molecule has 4 heteroatoms. The third-order valence-corrected chi connectivity index (χ3v) is 4.32. The molecule has 0 spiro atoms. The highest BCUT2D eigenvalue weighted by Gasteiger charge is 2.19. The first-order chi connectivity index (χ1) is 7.65. The van der Waals surface area contributed by atoms with E-state index >= 15 is 0 Å². The first-order valence-corrected chi connectivity index (χ1v) is 6.91. The molecule has 1 N–H and O–H groups in total. The summed E-state index contributed by atoms with van der Waals surface area (Å²) in [4.78, 5) is 4.36. The van der Waals surface area contributed by atoms with Gasteiger partial charge >= 0.3 is 0 Å². The molecule has 88 valence electrons. The Balaban J connectivity index is 1.96. The molecule has 1 aliphatic rings. The number of nitrogens with one attached hydrogen (secondary N) is 1. The molecule has 1 fully saturated rings. The van der Waals surface area contributed by atoms with Crippen LogP contribution in [0.15, 0.2) is 16.7 Å². The number of hydrogen-bond acceptors (Lipinski definition) is 2. The van der Waals surface area contributed by atoms with E-state index in [9.17, 15) is 0 Å². The molecule has 2 rings (SSSR count). The third-order valence-electron chi connectivity index (χ3n) is 3.06. The molecule has 1 heterocycles. The van der Waals surface area contributed by atoms with E-state index in [1.165, 1.54) is 5.56 Å². The molecular formula is C12H16BrClN2. The quantitative estimate of drug-likeness (QED) is 0.832. The zero-order valence-electron chi connectivity index (χ0n) is 9.34. The molecular weight excluding hydrogens is 288 g/mol. The summed E-state index contributed by atoms with van der Waals surface area (Å²) < 4.78 is 1.06. The van der Waals surface area contributed by atoms with E-state index in [0.29, 0.717) is 11.4 Å². The average Bonchev–Trinajstić information content (AvgIpc) is 2.27. The Hall–Kier alpha value is -0.280. The standard InChI is InChI=1S/C12H16BrClN2/c1-8-6-12(15-7-11(8)13)16-10-4-2-9(14)3-5-10/h6-7,9-10H,2-5H2,1H3,(H,15,16). The van der Waals surface area contributed by atoms with Crippen molar-refractivity contribution in [3.05, 3.63) is 22.3 Å². The zero-order chi connectivity index (χ0) is 11.5. The summed E-state index contributed by atoms with van der Waals surface area (Å²) in [5.74, 6) is 0.971. The Labute approximate surface area is 110 Å². The smallest absolute Gasteiger partial charge is 0.126 e. The highest BCUT2D eigenvalue weighted by Crippen LogP contribution is 2.25. The van der Waals surface area contributed by atoms with Gasteiger partial charge in [-0.15, -0.1) is 11.6 Å². The SMILES string of the molecule is Cc1cc(NC2CCC(Cl)CC2)ncc1Br. The van der Waals surface area contributed by atoms with E-state index in [1.54, 1.807) is 0 Å². The highest BCUT2D eigenvalue weighted by molar-refractivity contribution is 9.10. The van der Waals surface area contributed by atoms with Crippen LogP contribution in [-0.2, 0) is 0 Å². The lowest BCUT2D eigenvalue weighted by molar-refractivity contribution is 0.467. The molecule has 16 heavy (non-hydrogen) atoms. The number of anilines is 1. The van der Waals surface area contributed by atoms with Gasteiger partial charge in [0.15, 0.2) is 0 Å². The van der Waals surface area contributed by atoms with Crippen LogP contribution >= 0.6 is 27.5 Å². The molecule has 0 atom stereocenters. The largest absolute Gasteiger partial charge is 0.367 e. The van der Waals surface area contributed by atoms with Crippen molar-refractivity contribution in [2.24, 2.45) is 0 Å². The molecule has 2 nitrogen and oxygen atoms in total. The van der Waals surface area contributed by atoms with Gasteiger partial charge in [0.1, 0.15) is 5.82 Å². The predicted molar refractivity (Wildman–Crippen MR) is 72.2 cm³/mol. The molecule has 1 aromatic rings. The first-order valence-electron chi connectivity index (χ1n) is 5.68. The predicted octanol–water partition coefficient (Wildman–Crippen LogP) is 4.11. The minimum absolute atomic E-state index is 0.373. The molecule has 0 saturated heterocycles. The van der Waals surface area contributed by atoms with Gasteiger partial charge in [0.2, 0.25) is 0 Å². The van der Waals surface area contributed by atoms with E-state index in [1.807, 2.05) is 6.20 Å². The molecule has 1 saturated carbocycles. The van der Waals surface area contributed by atoms with Gasteiger partial charge in [0.05, 0.1) is 0 Å². The van der Waals surface area contributed by atoms with Crippen LogP contribution in [-0.4, -0.2) is 16.4 Å². The maximum absolute atomic E-state index is 6.08. The van der Waals surface area contributed by atoms with Gasteiger partial charge in [0, 0.05) is 22.1 Å². The van der Waals surface area contributed by atoms with Gasteiger partial charge in [-0.05, 0) is 60.2 Å². The lowest BCUT2D eigenvalue weighted by atomic mass is 9.95. The summed E-state index contributed by atoms with van der Waals surface area (Å²) in [7, 11) is 0. The number of alkyl halides is 1. The van der Waals surface area contributed by atoms with Crippen molar-refractivity contribution in [3.8, 4) is 0 Å². The van der Waals surface area contributed by atoms with Crippen LogP contribution in [0.3, 0.4) is 0 Å². The summed E-state index contributed by atoms with van der Waals surface area (Å²) in [6.07, 6.45) is 6.35. The average molecular weight is 304 g/mol. The molecule has 0 bridgehead atoms. The summed E-state index contributed by atoms with van der Waals surface area (Å²) in [5, 5.41) is 3.85. The number of nitrogens with zero attached hydrogens (tertiary/aromatic N) is 1. The highest BCUT2D eigenvalue weighted by atomic mass is 79.9. The molecule has 0 radical (unpaired) electrons. The van der Waals surface area contributed by atoms with E-state index in [2.05, 4.69) is 39.2 Å². The monoisotopic (exact) mass is 302 g/mol. The van der Waals surface area contributed by atoms with Crippen LogP contribution in [0.5, 0.6) is 0 Å². The fourth-order valence-corrected chi connectivity index (χ4v) is 2.49. The second-order valence-electron chi connectivity index (χ2n) is 4.41. The molecule has 1 aliphatic carbocycles. The van der Waals surface area contributed by atoms with Crippen LogP contribution in [0, 0.1) is 6.92 Å². The van der Waals surface area contributed by atoms with E-state index in [4.69, 9.17) is 11.6 Å². The molecule has 0 unspecified atom stereocenters. The Kier molecular flexibility index (Phi) is 4.09. The molecule has 0 amide bonds. The Morgan fingerprint density at radius 1 is 1.38 bits per heavy atom. The lowest BCUT2D eigenvalue weighted by Gasteiger charge is -2.26. The van der Waals surface area contributed by atoms with Gasteiger partial charge in [-0.3, -0.25) is 0 Å². The Morgan fingerprint density at radius 2 is 2.06 bits per heavy atom. The molecule has 0 aromatic carbocycles. The van der Waals surface area contributed by atoms with Crippen molar-refractivity contribution >= 4 is 33.3 Å². The van der Waals surface area contributed by atoms with E-state index in [0.717, 1.165) is 36.0 Å². The van der Waals surface area contributed by atoms with Crippen LogP contribution < -0.4 is 5.32 Å². The minimum Gasteiger partial charge on any atom is -0.367 e. The van der Waals surface area contributed by atoms with Crippen LogP contribution in [0.2, 0.25) is 0 Å². The second kappa shape index (κ2) is 5.37. The van der Waals surface area contributed by atoms with Crippen molar-refractivity contribution in [2.75, 3.05) is 5.32 Å². The first kappa shape index (κ1) is 12.2. The van der Waals surface area contributed by atoms with Gasteiger partial charge < -0.3 is 5.32 Å². The third kappa shape index (κ3) is 3.11. The topological polar surface area (TPSA) is 24.9 Å². The Morgan fingerprint density at radius 3 is 2.69 bits per heavy atom. The van der Waals surface area contributed by atoms with Gasteiger partial charge in [-0.1, -0.05) is 0 Å². The fraction of sp³-hybridized carbons (Fsp3) is 0.583. The van der Waals surface area contributed by atoms with E-state index in [-0.39, 0.29) is 0 Å². The molecule has 0 aliphatic heterocycles. The van der Waals surface area contributed by atoms with Gasteiger partial charge in [0.25, 0.3) is 0 Å². The van der Waals surface area contributed by atoms with Crippen molar-refractivity contribution in [1.29, 1.82) is 0 Å². The summed E-state index contributed by atoms with van der Waals surface area (Å²) in [6, 6.07) is 2.61. The molecule has 1 aromatic heterocycles. The van der Waals surface area contributed by atoms with Crippen molar-refractivity contribution in [3.63, 3.8) is 0 Å². The number of rotatable bonds is 2. The van der Waals surface area contributed by atoms with Gasteiger partial charge in [-0.2, -0.15) is 0 Å². The normalized spacial score (nSPS) is 25.4. The van der Waals surface area contributed by atoms with Crippen molar-refractivity contribution in [1.82, 2.24) is 4.98 Å². The summed E-state index contributed by atoms with van der Waals surface area (Å²) in [6.45, 7) is 2.08. The van der Waals surface area contributed by atoms with E-state index < -0.39 is 0 Å². The van der Waals surface area contributed by atoms with Crippen molar-refractivity contribution in [2.45, 2.75) is 44.0 Å². The second-order valence-corrected chi connectivity index (χ2v) is 5.88. The van der Waals surface area contributed by atoms with Crippen LogP contribution in [0.25, 0.3) is 0 Å². The van der Waals surface area contributed by atoms with Crippen molar-refractivity contribution < 1.29 is 0 Å².